The van der Waals surface area contributed by atoms with Gasteiger partial charge in [0.1, 0.15) is 24.0 Å². The lowest BCUT2D eigenvalue weighted by molar-refractivity contribution is 0.482. The second-order valence-corrected chi connectivity index (χ2v) is 22.4. The summed E-state index contributed by atoms with van der Waals surface area (Å²) in [5.41, 5.74) is 13.6. The summed E-state index contributed by atoms with van der Waals surface area (Å²) in [7, 11) is 0. The Bertz CT molecular complexity index is 3650. The zero-order chi connectivity index (χ0) is 54.2. The van der Waals surface area contributed by atoms with Gasteiger partial charge in [0, 0.05) is 45.9 Å². The highest BCUT2D eigenvalue weighted by atomic mass is 16.5. The van der Waals surface area contributed by atoms with Gasteiger partial charge in [-0.1, -0.05) is 168 Å². The highest BCUT2D eigenvalue weighted by Gasteiger charge is 2.34. The fraction of sp³-hybridized carbons (Fsp3) is 0.288. The van der Waals surface area contributed by atoms with Gasteiger partial charge in [0.15, 0.2) is 0 Å². The predicted octanol–water partition coefficient (Wildman–Crippen LogP) is 18.3. The lowest BCUT2D eigenvalue weighted by atomic mass is 9.77. The number of para-hydroxylation sites is 2. The molecule has 0 spiro atoms. The second-order valence-electron chi connectivity index (χ2n) is 22.4. The van der Waals surface area contributed by atoms with Crippen molar-refractivity contribution in [2.24, 2.45) is 0 Å². The lowest BCUT2D eigenvalue weighted by Gasteiger charge is -2.31. The van der Waals surface area contributed by atoms with Crippen molar-refractivity contribution in [2.75, 3.05) is 16.5 Å². The SMILES string of the molecule is [2H]c1c([2H])c([2H])c(-c2cc(C(C)(C)C)cc(-c3cc(C(C)(C)C)cc(C(C)(C)C)c3)c2N2CN(c3cccc(Oc4cc(CCC)c5c6cc(CCC)ccc6n(-c6ccccn6)c5c4)c3)c3ccccc32)c([2H])c1[2H]. The fourth-order valence-electron chi connectivity index (χ4n) is 10.2. The number of aromatic nitrogens is 2. The maximum absolute atomic E-state index is 9.48. The van der Waals surface area contributed by atoms with E-state index in [1.165, 1.54) is 33.0 Å². The van der Waals surface area contributed by atoms with Crippen molar-refractivity contribution in [1.82, 2.24) is 9.55 Å². The van der Waals surface area contributed by atoms with Crippen molar-refractivity contribution < 1.29 is 11.6 Å². The topological polar surface area (TPSA) is 33.5 Å². The molecule has 0 N–H and O–H groups in total. The molecule has 1 aliphatic rings. The molecule has 0 aliphatic carbocycles. The van der Waals surface area contributed by atoms with Crippen LogP contribution in [0.4, 0.5) is 22.7 Å². The van der Waals surface area contributed by atoms with E-state index in [0.717, 1.165) is 87.7 Å². The smallest absolute Gasteiger partial charge is 0.137 e. The molecule has 5 nitrogen and oxygen atoms in total. The molecule has 0 amide bonds. The van der Waals surface area contributed by atoms with Gasteiger partial charge in [-0.05, 0) is 135 Å². The Hall–Kier alpha value is -7.11. The van der Waals surface area contributed by atoms with Crippen LogP contribution in [0.1, 0.15) is 124 Å². The fourth-order valence-corrected chi connectivity index (χ4v) is 10.2. The molecule has 9 aromatic rings. The van der Waals surface area contributed by atoms with Crippen LogP contribution < -0.4 is 14.5 Å². The van der Waals surface area contributed by atoms with Gasteiger partial charge in [0.05, 0.1) is 34.9 Å². The first kappa shape index (κ1) is 41.7. The summed E-state index contributed by atoms with van der Waals surface area (Å²) in [5.74, 6) is 2.28. The Labute approximate surface area is 429 Å². The number of nitrogens with zero attached hydrogens (tertiary/aromatic N) is 4. The molecule has 71 heavy (non-hydrogen) atoms. The Balaban J connectivity index is 1.15. The highest BCUT2D eigenvalue weighted by molar-refractivity contribution is 6.11. The van der Waals surface area contributed by atoms with E-state index in [1.807, 2.05) is 36.5 Å². The molecule has 1 aliphatic heterocycles. The van der Waals surface area contributed by atoms with Crippen LogP contribution in [0.15, 0.2) is 164 Å². The summed E-state index contributed by atoms with van der Waals surface area (Å²) in [6.45, 7) is 24.7. The van der Waals surface area contributed by atoms with E-state index in [4.69, 9.17) is 13.8 Å². The Morgan fingerprint density at radius 1 is 0.563 bits per heavy atom. The van der Waals surface area contributed by atoms with E-state index in [2.05, 4.69) is 188 Å². The third-order valence-corrected chi connectivity index (χ3v) is 14.0. The third kappa shape index (κ3) is 9.24. The molecule has 0 radical (unpaired) electrons. The van der Waals surface area contributed by atoms with Crippen molar-refractivity contribution in [3.63, 3.8) is 0 Å². The second kappa shape index (κ2) is 18.6. The Morgan fingerprint density at radius 3 is 1.86 bits per heavy atom. The lowest BCUT2D eigenvalue weighted by Crippen LogP contribution is -2.25. The number of aryl methyl sites for hydroxylation is 2. The largest absolute Gasteiger partial charge is 0.457 e. The van der Waals surface area contributed by atoms with E-state index in [-0.39, 0.29) is 46.0 Å². The van der Waals surface area contributed by atoms with Gasteiger partial charge in [-0.15, -0.1) is 0 Å². The van der Waals surface area contributed by atoms with E-state index in [0.29, 0.717) is 18.0 Å². The summed E-state index contributed by atoms with van der Waals surface area (Å²) < 4.78 is 54.7. The van der Waals surface area contributed by atoms with E-state index in [1.54, 1.807) is 0 Å². The molecule has 10 rings (SSSR count). The number of pyridine rings is 1. The van der Waals surface area contributed by atoms with E-state index in [9.17, 15) is 2.74 Å². The van der Waals surface area contributed by atoms with E-state index >= 15 is 0 Å². The standard InChI is InChI=1S/C66H70N4O/c1-12-22-44-31-32-57-56(34-44)62-46(23-13-2)37-53(42-60(62)70(57)61-30-19-20-33-67-61)71-52-27-21-26-51(41-52)68-43-69(59-29-18-17-28-58(59)68)63-54(45-24-15-14-16-25-45)39-50(66(9,10)11)40-55(63)47-35-48(64(3,4)5)38-49(36-47)65(6,7)8/h14-21,24-42H,12-13,22-23,43H2,1-11H3/i14D,15D,16D,24D,25D. The first-order valence-corrected chi connectivity index (χ1v) is 25.4. The van der Waals surface area contributed by atoms with Crippen molar-refractivity contribution >= 4 is 44.6 Å². The molecule has 0 fully saturated rings. The number of ether oxygens (including phenoxy) is 1. The molecule has 0 saturated heterocycles. The normalized spacial score (nSPS) is 14.1. The molecular formula is C66H70N4O. The predicted molar refractivity (Wildman–Crippen MR) is 302 cm³/mol. The Morgan fingerprint density at radius 2 is 1.21 bits per heavy atom. The molecule has 2 aromatic heterocycles. The third-order valence-electron chi connectivity index (χ3n) is 14.0. The van der Waals surface area contributed by atoms with Crippen LogP contribution in [0.3, 0.4) is 0 Å². The number of anilines is 4. The summed E-state index contributed by atoms with van der Waals surface area (Å²) in [6.07, 6.45) is 5.79. The summed E-state index contributed by atoms with van der Waals surface area (Å²) >= 11 is 0. The van der Waals surface area contributed by atoms with Crippen molar-refractivity contribution in [2.45, 2.75) is 118 Å². The van der Waals surface area contributed by atoms with Gasteiger partial charge in [-0.25, -0.2) is 4.98 Å². The van der Waals surface area contributed by atoms with Crippen LogP contribution in [0.25, 0.3) is 49.9 Å². The maximum atomic E-state index is 9.48. The first-order valence-electron chi connectivity index (χ1n) is 27.9. The number of hydrogen-bond donors (Lipinski definition) is 0. The van der Waals surface area contributed by atoms with Crippen molar-refractivity contribution in [1.29, 1.82) is 0 Å². The molecule has 360 valence electrons. The summed E-state index contributed by atoms with van der Waals surface area (Å²) in [5, 5.41) is 2.45. The van der Waals surface area contributed by atoms with Gasteiger partial charge in [0.25, 0.3) is 0 Å². The van der Waals surface area contributed by atoms with Crippen LogP contribution in [0.5, 0.6) is 11.5 Å². The molecule has 0 saturated carbocycles. The molecular weight excluding hydrogens is 865 g/mol. The van der Waals surface area contributed by atoms with Crippen LogP contribution in [0, 0.1) is 0 Å². The van der Waals surface area contributed by atoms with Gasteiger partial charge in [-0.2, -0.15) is 0 Å². The van der Waals surface area contributed by atoms with Crippen LogP contribution in [-0.4, -0.2) is 16.2 Å². The van der Waals surface area contributed by atoms with Gasteiger partial charge in [0.2, 0.25) is 0 Å². The average Bonchev–Trinajstić information content (AvgIpc) is 3.93. The molecule has 0 bridgehead atoms. The molecule has 0 unspecified atom stereocenters. The minimum atomic E-state index is -0.418. The number of hydrogen-bond acceptors (Lipinski definition) is 4. The van der Waals surface area contributed by atoms with Crippen molar-refractivity contribution in [3.05, 3.63) is 192 Å². The van der Waals surface area contributed by atoms with Crippen molar-refractivity contribution in [3.8, 4) is 39.6 Å². The molecule has 0 atom stereocenters. The summed E-state index contributed by atoms with van der Waals surface area (Å²) in [4.78, 5) is 9.40. The number of benzene rings is 7. The average molecular weight is 940 g/mol. The van der Waals surface area contributed by atoms with Gasteiger partial charge < -0.3 is 14.5 Å². The highest BCUT2D eigenvalue weighted by Crippen LogP contribution is 2.52. The molecule has 7 aromatic carbocycles. The van der Waals surface area contributed by atoms with Gasteiger partial charge in [-0.3, -0.25) is 4.57 Å². The van der Waals surface area contributed by atoms with E-state index < -0.39 is 6.04 Å². The quantitative estimate of drug-likeness (QED) is 0.129. The minimum absolute atomic E-state index is 0.172. The van der Waals surface area contributed by atoms with Crippen LogP contribution in [0.2, 0.25) is 0 Å². The van der Waals surface area contributed by atoms with Crippen LogP contribution in [-0.2, 0) is 29.1 Å². The maximum Gasteiger partial charge on any atom is 0.137 e. The first-order chi connectivity index (χ1) is 36.1. The molecule has 3 heterocycles. The van der Waals surface area contributed by atoms with Gasteiger partial charge >= 0.3 is 0 Å². The minimum Gasteiger partial charge on any atom is -0.457 e. The van der Waals surface area contributed by atoms with Crippen LogP contribution >= 0.6 is 0 Å². The number of rotatable bonds is 11. The Kier molecular flexibility index (Phi) is 10.9. The monoisotopic (exact) mass is 940 g/mol. The zero-order valence-corrected chi connectivity index (χ0v) is 43.4. The number of fused-ring (bicyclic) bond motifs is 4. The zero-order valence-electron chi connectivity index (χ0n) is 48.4. The molecule has 5 heteroatoms. The summed E-state index contributed by atoms with van der Waals surface area (Å²) in [6, 6.07) is 43.5.